The number of carbonyl (C=O) groups is 1. The molecule has 0 aromatic heterocycles. The van der Waals surface area contributed by atoms with Crippen molar-refractivity contribution in [3.8, 4) is 5.75 Å². The van der Waals surface area contributed by atoms with Crippen molar-refractivity contribution in [2.45, 2.75) is 6.42 Å². The number of hydrogen-bond acceptors (Lipinski definition) is 4. The van der Waals surface area contributed by atoms with Crippen molar-refractivity contribution in [1.82, 2.24) is 0 Å². The smallest absolute Gasteiger partial charge is 0.365 e. The molecule has 2 aromatic rings. The first-order chi connectivity index (χ1) is 10.2. The summed E-state index contributed by atoms with van der Waals surface area (Å²) in [6.45, 7) is 0.710. The summed E-state index contributed by atoms with van der Waals surface area (Å²) in [6, 6.07) is 12.2. The maximum atomic E-state index is 11.7. The van der Waals surface area contributed by atoms with Gasteiger partial charge >= 0.3 is 5.97 Å². The number of fused-ring (bicyclic) bond motifs is 1. The topological polar surface area (TPSA) is 47.9 Å². The van der Waals surface area contributed by atoms with Crippen molar-refractivity contribution < 1.29 is 14.4 Å². The van der Waals surface area contributed by atoms with Crippen LogP contribution in [0.4, 0.5) is 0 Å². The number of nitrogens with zero attached hydrogens (tertiary/aromatic N) is 1. The summed E-state index contributed by atoms with van der Waals surface area (Å²) in [6.07, 6.45) is 2.40. The van der Waals surface area contributed by atoms with Crippen LogP contribution < -0.4 is 4.74 Å². The first kappa shape index (κ1) is 13.6. The van der Waals surface area contributed by atoms with Gasteiger partial charge in [0.1, 0.15) is 5.75 Å². The van der Waals surface area contributed by atoms with E-state index in [0.717, 1.165) is 23.3 Å². The van der Waals surface area contributed by atoms with Crippen LogP contribution in [0.1, 0.15) is 21.5 Å². The van der Waals surface area contributed by atoms with Crippen LogP contribution in [0.2, 0.25) is 5.02 Å². The molecule has 0 atom stereocenters. The predicted molar refractivity (Wildman–Crippen MR) is 80.1 cm³/mol. The Balaban J connectivity index is 1.64. The summed E-state index contributed by atoms with van der Waals surface area (Å²) in [5.74, 6) is 0.387. The number of oxime groups is 1. The summed E-state index contributed by atoms with van der Waals surface area (Å²) in [5, 5.41) is 4.28. The molecule has 2 aromatic carbocycles. The molecule has 4 nitrogen and oxygen atoms in total. The zero-order chi connectivity index (χ0) is 14.7. The van der Waals surface area contributed by atoms with Gasteiger partial charge in [0, 0.05) is 11.4 Å². The van der Waals surface area contributed by atoms with Crippen LogP contribution in [0, 0.1) is 0 Å². The third-order valence-electron chi connectivity index (χ3n) is 3.13. The molecule has 0 N–H and O–H groups in total. The Morgan fingerprint density at radius 3 is 2.86 bits per heavy atom. The van der Waals surface area contributed by atoms with E-state index in [4.69, 9.17) is 21.2 Å². The molecule has 5 heteroatoms. The lowest BCUT2D eigenvalue weighted by Crippen LogP contribution is -2.00. The molecule has 0 spiro atoms. The Labute approximate surface area is 126 Å². The third-order valence-corrected chi connectivity index (χ3v) is 3.38. The van der Waals surface area contributed by atoms with Crippen LogP contribution in [-0.2, 0) is 11.3 Å². The van der Waals surface area contributed by atoms with E-state index in [9.17, 15) is 4.79 Å². The molecule has 106 valence electrons. The number of ether oxygens (including phenoxy) is 1. The van der Waals surface area contributed by atoms with Gasteiger partial charge in [-0.2, -0.15) is 0 Å². The fourth-order valence-electron chi connectivity index (χ4n) is 2.06. The van der Waals surface area contributed by atoms with E-state index >= 15 is 0 Å². The molecular formula is C16H12ClNO3. The Morgan fingerprint density at radius 1 is 1.24 bits per heavy atom. The van der Waals surface area contributed by atoms with Gasteiger partial charge in [0.25, 0.3) is 0 Å². The fourth-order valence-corrected chi connectivity index (χ4v) is 2.19. The Bertz CT molecular complexity index is 695. The number of halogens is 1. The number of carbonyl (C=O) groups excluding carboxylic acids is 1. The highest BCUT2D eigenvalue weighted by Crippen LogP contribution is 2.25. The van der Waals surface area contributed by atoms with Gasteiger partial charge in [-0.05, 0) is 53.6 Å². The van der Waals surface area contributed by atoms with Gasteiger partial charge in [0.05, 0.1) is 18.4 Å². The highest BCUT2D eigenvalue weighted by molar-refractivity contribution is 6.30. The molecule has 0 bridgehead atoms. The molecule has 0 saturated carbocycles. The normalized spacial score (nSPS) is 13.0. The van der Waals surface area contributed by atoms with E-state index in [1.54, 1.807) is 24.3 Å². The minimum Gasteiger partial charge on any atom is -0.493 e. The van der Waals surface area contributed by atoms with Crippen LogP contribution >= 0.6 is 11.6 Å². The van der Waals surface area contributed by atoms with E-state index in [1.165, 1.54) is 6.21 Å². The van der Waals surface area contributed by atoms with Crippen LogP contribution in [0.15, 0.2) is 47.6 Å². The molecule has 0 amide bonds. The molecule has 0 aliphatic carbocycles. The lowest BCUT2D eigenvalue weighted by atomic mass is 10.1. The monoisotopic (exact) mass is 301 g/mol. The van der Waals surface area contributed by atoms with Crippen LogP contribution in [0.5, 0.6) is 5.75 Å². The van der Waals surface area contributed by atoms with Gasteiger partial charge in [-0.1, -0.05) is 16.8 Å². The van der Waals surface area contributed by atoms with Gasteiger partial charge in [0.15, 0.2) is 0 Å². The van der Waals surface area contributed by atoms with Crippen LogP contribution in [-0.4, -0.2) is 18.8 Å². The maximum absolute atomic E-state index is 11.7. The van der Waals surface area contributed by atoms with E-state index in [2.05, 4.69) is 5.16 Å². The standard InChI is InChI=1S/C16H12ClNO3/c17-14-4-2-12(3-5-14)16(19)21-18-10-11-1-6-15-13(9-11)7-8-20-15/h1-6,9-10H,7-8H2. The zero-order valence-corrected chi connectivity index (χ0v) is 11.8. The van der Waals surface area contributed by atoms with Crippen molar-refractivity contribution in [2.24, 2.45) is 5.16 Å². The third kappa shape index (κ3) is 3.23. The molecule has 21 heavy (non-hydrogen) atoms. The van der Waals surface area contributed by atoms with Crippen molar-refractivity contribution in [1.29, 1.82) is 0 Å². The van der Waals surface area contributed by atoms with E-state index in [-0.39, 0.29) is 0 Å². The molecule has 0 saturated heterocycles. The number of rotatable bonds is 3. The van der Waals surface area contributed by atoms with E-state index < -0.39 is 5.97 Å². The summed E-state index contributed by atoms with van der Waals surface area (Å²) in [7, 11) is 0. The number of hydrogen-bond donors (Lipinski definition) is 0. The minimum atomic E-state index is -0.521. The molecule has 1 aliphatic rings. The second kappa shape index (κ2) is 5.97. The summed E-state index contributed by atoms with van der Waals surface area (Å²) >= 11 is 5.76. The summed E-state index contributed by atoms with van der Waals surface area (Å²) in [5.41, 5.74) is 2.41. The van der Waals surface area contributed by atoms with Crippen molar-refractivity contribution in [3.63, 3.8) is 0 Å². The quantitative estimate of drug-likeness (QED) is 0.495. The largest absolute Gasteiger partial charge is 0.493 e. The van der Waals surface area contributed by atoms with Crippen LogP contribution in [0.25, 0.3) is 0 Å². The number of benzene rings is 2. The Kier molecular flexibility index (Phi) is 3.88. The highest BCUT2D eigenvalue weighted by atomic mass is 35.5. The van der Waals surface area contributed by atoms with Crippen molar-refractivity contribution in [2.75, 3.05) is 6.61 Å². The molecule has 0 fully saturated rings. The fraction of sp³-hybridized carbons (Fsp3) is 0.125. The Hall–Kier alpha value is -2.33. The van der Waals surface area contributed by atoms with Gasteiger partial charge in [0.2, 0.25) is 0 Å². The molecule has 1 aliphatic heterocycles. The Morgan fingerprint density at radius 2 is 2.05 bits per heavy atom. The van der Waals surface area contributed by atoms with Gasteiger partial charge < -0.3 is 9.57 Å². The van der Waals surface area contributed by atoms with E-state index in [1.807, 2.05) is 18.2 Å². The van der Waals surface area contributed by atoms with Crippen LogP contribution in [0.3, 0.4) is 0 Å². The molecule has 3 rings (SSSR count). The average molecular weight is 302 g/mol. The SMILES string of the molecule is O=C(ON=Cc1ccc2c(c1)CCO2)c1ccc(Cl)cc1. The van der Waals surface area contributed by atoms with E-state index in [0.29, 0.717) is 17.2 Å². The molecule has 0 unspecified atom stereocenters. The summed E-state index contributed by atoms with van der Waals surface area (Å²) < 4.78 is 5.42. The first-order valence-electron chi connectivity index (χ1n) is 6.48. The molecule has 1 heterocycles. The zero-order valence-electron chi connectivity index (χ0n) is 11.1. The second-order valence-electron chi connectivity index (χ2n) is 4.59. The maximum Gasteiger partial charge on any atom is 0.365 e. The lowest BCUT2D eigenvalue weighted by molar-refractivity contribution is 0.0519. The lowest BCUT2D eigenvalue weighted by Gasteiger charge is -2.00. The minimum absolute atomic E-state index is 0.402. The first-order valence-corrected chi connectivity index (χ1v) is 6.86. The predicted octanol–water partition coefficient (Wildman–Crippen LogP) is 3.47. The highest BCUT2D eigenvalue weighted by Gasteiger charge is 2.11. The van der Waals surface area contributed by atoms with Crippen molar-refractivity contribution >= 4 is 23.8 Å². The van der Waals surface area contributed by atoms with Gasteiger partial charge in [-0.25, -0.2) is 4.79 Å². The molecular weight excluding hydrogens is 290 g/mol. The van der Waals surface area contributed by atoms with Gasteiger partial charge in [-0.15, -0.1) is 0 Å². The van der Waals surface area contributed by atoms with Crippen molar-refractivity contribution in [3.05, 3.63) is 64.2 Å². The average Bonchev–Trinajstić information content (AvgIpc) is 2.95. The summed E-state index contributed by atoms with van der Waals surface area (Å²) in [4.78, 5) is 16.6. The second-order valence-corrected chi connectivity index (χ2v) is 5.02. The molecule has 0 radical (unpaired) electrons. The van der Waals surface area contributed by atoms with Gasteiger partial charge in [-0.3, -0.25) is 0 Å².